The maximum absolute atomic E-state index is 9.18. The molecule has 1 rings (SSSR count). The molecule has 0 aliphatic rings. The average molecular weight is 208 g/mol. The van der Waals surface area contributed by atoms with Crippen LogP contribution in [0.3, 0.4) is 0 Å². The van der Waals surface area contributed by atoms with E-state index in [4.69, 9.17) is 4.74 Å². The molecule has 1 aromatic rings. The summed E-state index contributed by atoms with van der Waals surface area (Å²) in [6, 6.07) is 5.57. The van der Waals surface area contributed by atoms with Gasteiger partial charge in [0.15, 0.2) is 0 Å². The predicted molar refractivity (Wildman–Crippen MR) is 61.0 cm³/mol. The smallest absolute Gasteiger partial charge is 0.423 e. The summed E-state index contributed by atoms with van der Waals surface area (Å²) in [4.78, 5) is 0. The number of benzene rings is 1. The highest BCUT2D eigenvalue weighted by atomic mass is 16.5. The maximum atomic E-state index is 9.18. The molecule has 0 bridgehead atoms. The van der Waals surface area contributed by atoms with Crippen LogP contribution in [0.2, 0.25) is 0 Å². The fourth-order valence-corrected chi connectivity index (χ4v) is 1.41. The van der Waals surface area contributed by atoms with Gasteiger partial charge in [0, 0.05) is 7.11 Å². The molecule has 4 heteroatoms. The first kappa shape index (κ1) is 12.2. The fourth-order valence-electron chi connectivity index (χ4n) is 1.41. The summed E-state index contributed by atoms with van der Waals surface area (Å²) in [5.41, 5.74) is 1.90. The van der Waals surface area contributed by atoms with Crippen LogP contribution in [0.1, 0.15) is 25.0 Å². The summed E-state index contributed by atoms with van der Waals surface area (Å²) in [6.07, 6.45) is 0. The molecule has 0 amide bonds. The van der Waals surface area contributed by atoms with Crippen LogP contribution in [0.4, 0.5) is 0 Å². The number of hydrogen-bond donors (Lipinski definition) is 2. The standard InChI is InChI=1S/C11H17BO3/c1-8-5-6-9(11(2,3)15-4)7-10(8)12(13)14/h5-7,13-14H,1-4H3. The minimum absolute atomic E-state index is 0.419. The van der Waals surface area contributed by atoms with Crippen molar-refractivity contribution < 1.29 is 14.8 Å². The molecular weight excluding hydrogens is 191 g/mol. The van der Waals surface area contributed by atoms with Crippen molar-refractivity contribution in [3.63, 3.8) is 0 Å². The first-order chi connectivity index (χ1) is 6.88. The molecule has 0 aliphatic heterocycles. The molecule has 0 saturated carbocycles. The van der Waals surface area contributed by atoms with E-state index in [1.54, 1.807) is 13.2 Å². The zero-order valence-electron chi connectivity index (χ0n) is 9.61. The van der Waals surface area contributed by atoms with Crippen molar-refractivity contribution in [2.75, 3.05) is 7.11 Å². The summed E-state index contributed by atoms with van der Waals surface area (Å²) in [5.74, 6) is 0. The molecule has 0 aromatic heterocycles. The van der Waals surface area contributed by atoms with E-state index in [-0.39, 0.29) is 0 Å². The van der Waals surface area contributed by atoms with E-state index in [2.05, 4.69) is 0 Å². The third-order valence-corrected chi connectivity index (χ3v) is 2.76. The molecule has 0 radical (unpaired) electrons. The quantitative estimate of drug-likeness (QED) is 0.713. The van der Waals surface area contributed by atoms with Crippen LogP contribution in [0.5, 0.6) is 0 Å². The van der Waals surface area contributed by atoms with Gasteiger partial charge in [-0.3, -0.25) is 0 Å². The molecule has 0 atom stereocenters. The van der Waals surface area contributed by atoms with Gasteiger partial charge in [-0.05, 0) is 31.8 Å². The van der Waals surface area contributed by atoms with E-state index in [1.807, 2.05) is 32.9 Å². The average Bonchev–Trinajstić information content (AvgIpc) is 2.17. The molecule has 0 heterocycles. The molecule has 2 N–H and O–H groups in total. The molecule has 0 fully saturated rings. The minimum Gasteiger partial charge on any atom is -0.423 e. The Morgan fingerprint density at radius 2 is 1.87 bits per heavy atom. The Morgan fingerprint density at radius 3 is 2.33 bits per heavy atom. The second kappa shape index (κ2) is 4.35. The monoisotopic (exact) mass is 208 g/mol. The van der Waals surface area contributed by atoms with Gasteiger partial charge in [0.25, 0.3) is 0 Å². The molecule has 0 spiro atoms. The molecule has 3 nitrogen and oxygen atoms in total. The number of methoxy groups -OCH3 is 1. The largest absolute Gasteiger partial charge is 0.488 e. The van der Waals surface area contributed by atoms with Crippen LogP contribution in [-0.2, 0) is 10.3 Å². The van der Waals surface area contributed by atoms with Crippen molar-refractivity contribution in [2.45, 2.75) is 26.4 Å². The highest BCUT2D eigenvalue weighted by molar-refractivity contribution is 6.59. The van der Waals surface area contributed by atoms with Crippen molar-refractivity contribution in [1.82, 2.24) is 0 Å². The Kier molecular flexibility index (Phi) is 3.55. The molecular formula is C11H17BO3. The van der Waals surface area contributed by atoms with E-state index < -0.39 is 12.7 Å². The van der Waals surface area contributed by atoms with Crippen LogP contribution in [0.25, 0.3) is 0 Å². The van der Waals surface area contributed by atoms with Crippen molar-refractivity contribution in [3.05, 3.63) is 29.3 Å². The van der Waals surface area contributed by atoms with E-state index in [1.165, 1.54) is 0 Å². The number of ether oxygens (including phenoxy) is 1. The van der Waals surface area contributed by atoms with Crippen LogP contribution in [-0.4, -0.2) is 24.3 Å². The number of hydrogen-bond acceptors (Lipinski definition) is 3. The van der Waals surface area contributed by atoms with Gasteiger partial charge < -0.3 is 14.8 Å². The van der Waals surface area contributed by atoms with E-state index in [0.717, 1.165) is 11.1 Å². The second-order valence-corrected chi connectivity index (χ2v) is 4.16. The molecule has 15 heavy (non-hydrogen) atoms. The summed E-state index contributed by atoms with van der Waals surface area (Å²) in [7, 11) is 0.201. The van der Waals surface area contributed by atoms with Crippen LogP contribution in [0.15, 0.2) is 18.2 Å². The van der Waals surface area contributed by atoms with E-state index in [0.29, 0.717) is 5.46 Å². The Hall–Kier alpha value is -0.835. The lowest BCUT2D eigenvalue weighted by atomic mass is 9.75. The Bertz CT molecular complexity index is 348. The summed E-state index contributed by atoms with van der Waals surface area (Å²) < 4.78 is 5.34. The van der Waals surface area contributed by atoms with Crippen molar-refractivity contribution in [2.24, 2.45) is 0 Å². The van der Waals surface area contributed by atoms with Gasteiger partial charge in [0.05, 0.1) is 5.60 Å². The molecule has 0 saturated heterocycles. The van der Waals surface area contributed by atoms with Gasteiger partial charge in [-0.25, -0.2) is 0 Å². The van der Waals surface area contributed by atoms with Crippen molar-refractivity contribution in [3.8, 4) is 0 Å². The van der Waals surface area contributed by atoms with Crippen LogP contribution in [0, 0.1) is 6.92 Å². The molecule has 82 valence electrons. The Balaban J connectivity index is 3.19. The fraction of sp³-hybridized carbons (Fsp3) is 0.455. The summed E-state index contributed by atoms with van der Waals surface area (Å²) in [5, 5.41) is 18.4. The van der Waals surface area contributed by atoms with Gasteiger partial charge in [-0.2, -0.15) is 0 Å². The van der Waals surface area contributed by atoms with Gasteiger partial charge in [0.2, 0.25) is 0 Å². The van der Waals surface area contributed by atoms with Gasteiger partial charge in [-0.15, -0.1) is 0 Å². The highest BCUT2D eigenvalue weighted by Crippen LogP contribution is 2.23. The van der Waals surface area contributed by atoms with E-state index in [9.17, 15) is 10.0 Å². The van der Waals surface area contributed by atoms with Gasteiger partial charge in [0.1, 0.15) is 0 Å². The first-order valence-corrected chi connectivity index (χ1v) is 4.91. The number of aryl methyl sites for hydroxylation is 1. The Morgan fingerprint density at radius 1 is 1.27 bits per heavy atom. The van der Waals surface area contributed by atoms with Crippen molar-refractivity contribution in [1.29, 1.82) is 0 Å². The zero-order chi connectivity index (χ0) is 11.6. The maximum Gasteiger partial charge on any atom is 0.488 e. The zero-order valence-corrected chi connectivity index (χ0v) is 9.61. The molecule has 1 aromatic carbocycles. The third-order valence-electron chi connectivity index (χ3n) is 2.76. The minimum atomic E-state index is -1.43. The van der Waals surface area contributed by atoms with Crippen LogP contribution >= 0.6 is 0 Å². The summed E-state index contributed by atoms with van der Waals surface area (Å²) in [6.45, 7) is 5.72. The normalized spacial score (nSPS) is 11.6. The third kappa shape index (κ3) is 2.59. The lowest BCUT2D eigenvalue weighted by Crippen LogP contribution is -2.34. The van der Waals surface area contributed by atoms with Gasteiger partial charge in [-0.1, -0.05) is 23.8 Å². The topological polar surface area (TPSA) is 49.7 Å². The number of rotatable bonds is 3. The molecule has 0 unspecified atom stereocenters. The predicted octanol–water partition coefficient (Wildman–Crippen LogP) is 0.556. The highest BCUT2D eigenvalue weighted by Gasteiger charge is 2.22. The SMILES string of the molecule is COC(C)(C)c1ccc(C)c(B(O)O)c1. The second-order valence-electron chi connectivity index (χ2n) is 4.16. The van der Waals surface area contributed by atoms with Crippen molar-refractivity contribution >= 4 is 12.6 Å². The Labute approximate surface area is 90.9 Å². The van der Waals surface area contributed by atoms with Gasteiger partial charge >= 0.3 is 7.12 Å². The lowest BCUT2D eigenvalue weighted by Gasteiger charge is -2.24. The van der Waals surface area contributed by atoms with E-state index >= 15 is 0 Å². The lowest BCUT2D eigenvalue weighted by molar-refractivity contribution is 0.0193. The summed E-state index contributed by atoms with van der Waals surface area (Å²) >= 11 is 0. The molecule has 0 aliphatic carbocycles. The van der Waals surface area contributed by atoms with Crippen LogP contribution < -0.4 is 5.46 Å². The first-order valence-electron chi connectivity index (χ1n) is 4.91.